The number of rotatable bonds is 5. The maximum absolute atomic E-state index is 7.73. The quantitative estimate of drug-likeness (QED) is 0.165. The molecule has 3 heterocycles. The first kappa shape index (κ1) is 35.1. The second-order valence-corrected chi connectivity index (χ2v) is 15.6. The number of aryl methyl sites for hydroxylation is 6. The molecule has 0 N–H and O–H groups in total. The highest BCUT2D eigenvalue weighted by Crippen LogP contribution is 2.42. The van der Waals surface area contributed by atoms with Crippen molar-refractivity contribution in [1.82, 2.24) is 24.1 Å². The van der Waals surface area contributed by atoms with E-state index >= 15 is 0 Å². The number of hydrogen-bond donors (Lipinski definition) is 0. The summed E-state index contributed by atoms with van der Waals surface area (Å²) in [5.74, 6) is 1.97. The Morgan fingerprint density at radius 2 is 0.845 bits per heavy atom. The van der Waals surface area contributed by atoms with Gasteiger partial charge in [-0.2, -0.15) is 0 Å². The summed E-state index contributed by atoms with van der Waals surface area (Å²) in [6, 6.07) is 48.1. The van der Waals surface area contributed by atoms with Gasteiger partial charge in [0, 0.05) is 32.7 Å². The fourth-order valence-corrected chi connectivity index (χ4v) is 8.73. The normalized spacial score (nSPS) is 11.6. The Labute approximate surface area is 337 Å². The van der Waals surface area contributed by atoms with Crippen LogP contribution >= 0.6 is 0 Å². The van der Waals surface area contributed by atoms with Gasteiger partial charge < -0.3 is 9.13 Å². The van der Waals surface area contributed by atoms with Crippen LogP contribution < -0.4 is 0 Å². The zero-order valence-corrected chi connectivity index (χ0v) is 33.4. The average molecular weight is 749 g/mol. The van der Waals surface area contributed by atoms with Gasteiger partial charge in [0.1, 0.15) is 11.6 Å². The minimum Gasteiger partial charge on any atom is -0.309 e. The zero-order chi connectivity index (χ0) is 39.8. The first-order valence-corrected chi connectivity index (χ1v) is 19.6. The lowest BCUT2D eigenvalue weighted by molar-refractivity contribution is 0.927. The van der Waals surface area contributed by atoms with Crippen LogP contribution in [0.4, 0.5) is 5.69 Å². The van der Waals surface area contributed by atoms with E-state index in [2.05, 4.69) is 162 Å². The van der Waals surface area contributed by atoms with E-state index in [1.165, 1.54) is 43.8 Å². The Bertz CT molecular complexity index is 3230. The van der Waals surface area contributed by atoms with Crippen LogP contribution in [-0.2, 0) is 0 Å². The van der Waals surface area contributed by atoms with E-state index < -0.39 is 0 Å². The second kappa shape index (κ2) is 13.4. The highest BCUT2D eigenvalue weighted by atomic mass is 15.0. The number of aromatic nitrogens is 5. The van der Waals surface area contributed by atoms with Crippen LogP contribution in [-0.4, -0.2) is 24.1 Å². The van der Waals surface area contributed by atoms with Gasteiger partial charge in [-0.15, -0.1) is 0 Å². The van der Waals surface area contributed by atoms with E-state index in [0.717, 1.165) is 61.3 Å². The molecule has 6 nitrogen and oxygen atoms in total. The maximum Gasteiger partial charge on any atom is 0.187 e. The molecule has 0 radical (unpaired) electrons. The predicted octanol–water partition coefficient (Wildman–Crippen LogP) is 13.5. The molecule has 58 heavy (non-hydrogen) atoms. The second-order valence-electron chi connectivity index (χ2n) is 15.6. The first-order chi connectivity index (χ1) is 28.1. The Kier molecular flexibility index (Phi) is 8.10. The molecule has 7 aromatic carbocycles. The first-order valence-electron chi connectivity index (χ1n) is 19.6. The highest BCUT2D eigenvalue weighted by Gasteiger charge is 2.22. The fourth-order valence-electron chi connectivity index (χ4n) is 8.73. The lowest BCUT2D eigenvalue weighted by atomic mass is 9.95. The van der Waals surface area contributed by atoms with Crippen molar-refractivity contribution in [1.29, 1.82) is 0 Å². The van der Waals surface area contributed by atoms with Crippen LogP contribution in [0, 0.1) is 48.1 Å². The van der Waals surface area contributed by atoms with Gasteiger partial charge in [0.15, 0.2) is 11.5 Å². The van der Waals surface area contributed by atoms with Crippen molar-refractivity contribution in [3.63, 3.8) is 0 Å². The molecule has 0 saturated heterocycles. The van der Waals surface area contributed by atoms with Gasteiger partial charge in [0.25, 0.3) is 0 Å². The van der Waals surface area contributed by atoms with Crippen LogP contribution in [0.25, 0.3) is 93.5 Å². The SMILES string of the molecule is [C-]#[N+]c1cccc(-c2ccc(-n3c4ccc(C)cc4c4cc(C)ccc43)c(-c3ccc(-n4c5ccc(C)cc5c5cc(C)ccc54)c(-c4nc(C)nc(C)n4)c3)c2)c1. The Morgan fingerprint density at radius 3 is 1.33 bits per heavy atom. The van der Waals surface area contributed by atoms with E-state index in [-0.39, 0.29) is 0 Å². The molecular weight excluding hydrogens is 709 g/mol. The largest absolute Gasteiger partial charge is 0.309 e. The minimum atomic E-state index is 0.611. The molecule has 0 fully saturated rings. The van der Waals surface area contributed by atoms with Crippen LogP contribution in [0.3, 0.4) is 0 Å². The summed E-state index contributed by atoms with van der Waals surface area (Å²) in [4.78, 5) is 18.3. The number of nitrogens with zero attached hydrogens (tertiary/aromatic N) is 6. The van der Waals surface area contributed by atoms with Gasteiger partial charge in [-0.25, -0.2) is 19.8 Å². The standard InChI is InChI=1S/C52H40N6/c1-30-11-17-47-41(23-30)42-24-31(2)12-18-48(42)57(47)46-21-15-37(36-9-8-10-39(27-36)53-7)28-40(46)38-16-22-51(45(29-38)52-55-34(5)54-35(6)56-52)58-49-19-13-32(3)25-43(49)44-26-33(4)14-20-50(44)58/h8-29H,1-6H3. The van der Waals surface area contributed by atoms with Crippen molar-refractivity contribution < 1.29 is 0 Å². The molecule has 10 rings (SSSR count). The molecule has 0 atom stereocenters. The Balaban J connectivity index is 1.30. The van der Waals surface area contributed by atoms with E-state index in [9.17, 15) is 0 Å². The van der Waals surface area contributed by atoms with Gasteiger partial charge >= 0.3 is 0 Å². The third-order valence-electron chi connectivity index (χ3n) is 11.3. The summed E-state index contributed by atoms with van der Waals surface area (Å²) in [5.41, 5.74) is 17.1. The molecule has 10 aromatic rings. The van der Waals surface area contributed by atoms with E-state index in [1.807, 2.05) is 32.0 Å². The van der Waals surface area contributed by atoms with Crippen LogP contribution in [0.15, 0.2) is 133 Å². The molecule has 0 amide bonds. The monoisotopic (exact) mass is 748 g/mol. The summed E-state index contributed by atoms with van der Waals surface area (Å²) < 4.78 is 4.77. The van der Waals surface area contributed by atoms with Crippen molar-refractivity contribution in [3.8, 4) is 45.0 Å². The van der Waals surface area contributed by atoms with Crippen molar-refractivity contribution >= 4 is 49.3 Å². The number of hydrogen-bond acceptors (Lipinski definition) is 3. The molecule has 0 unspecified atom stereocenters. The van der Waals surface area contributed by atoms with Crippen molar-refractivity contribution in [2.24, 2.45) is 0 Å². The van der Waals surface area contributed by atoms with Crippen molar-refractivity contribution in [3.05, 3.63) is 179 Å². The molecule has 278 valence electrons. The van der Waals surface area contributed by atoms with Crippen molar-refractivity contribution in [2.45, 2.75) is 41.5 Å². The van der Waals surface area contributed by atoms with Crippen molar-refractivity contribution in [2.75, 3.05) is 0 Å². The smallest absolute Gasteiger partial charge is 0.187 e. The van der Waals surface area contributed by atoms with Gasteiger partial charge in [0.2, 0.25) is 0 Å². The van der Waals surface area contributed by atoms with Gasteiger partial charge in [0.05, 0.1) is 40.0 Å². The van der Waals surface area contributed by atoms with E-state index in [4.69, 9.17) is 16.5 Å². The summed E-state index contributed by atoms with van der Waals surface area (Å²) >= 11 is 0. The number of fused-ring (bicyclic) bond motifs is 6. The van der Waals surface area contributed by atoms with Gasteiger partial charge in [-0.1, -0.05) is 76.9 Å². The molecule has 0 bridgehead atoms. The van der Waals surface area contributed by atoms with Gasteiger partial charge in [-0.3, -0.25) is 0 Å². The van der Waals surface area contributed by atoms with Crippen LogP contribution in [0.5, 0.6) is 0 Å². The van der Waals surface area contributed by atoms with Crippen LogP contribution in [0.1, 0.15) is 33.9 Å². The molecule has 6 heteroatoms. The third kappa shape index (κ3) is 5.74. The fraction of sp³-hybridized carbons (Fsp3) is 0.115. The summed E-state index contributed by atoms with van der Waals surface area (Å²) in [6.45, 7) is 20.2. The molecule has 0 spiro atoms. The highest BCUT2D eigenvalue weighted by molar-refractivity contribution is 6.11. The lowest BCUT2D eigenvalue weighted by Crippen LogP contribution is -2.04. The summed E-state index contributed by atoms with van der Waals surface area (Å²) in [7, 11) is 0. The Morgan fingerprint density at radius 1 is 0.414 bits per heavy atom. The average Bonchev–Trinajstić information content (AvgIpc) is 3.70. The van der Waals surface area contributed by atoms with Gasteiger partial charge in [-0.05, 0) is 137 Å². The third-order valence-corrected chi connectivity index (χ3v) is 11.3. The molecule has 0 aliphatic heterocycles. The van der Waals surface area contributed by atoms with E-state index in [0.29, 0.717) is 23.2 Å². The Hall–Kier alpha value is -7.36. The lowest BCUT2D eigenvalue weighted by Gasteiger charge is -2.19. The van der Waals surface area contributed by atoms with E-state index in [1.54, 1.807) is 0 Å². The summed E-state index contributed by atoms with van der Waals surface area (Å²) in [5, 5.41) is 4.88. The maximum atomic E-state index is 7.73. The predicted molar refractivity (Wildman–Crippen MR) is 239 cm³/mol. The zero-order valence-electron chi connectivity index (χ0n) is 33.4. The molecular formula is C52H40N6. The molecule has 0 aliphatic rings. The molecule has 3 aromatic heterocycles. The van der Waals surface area contributed by atoms with Crippen LogP contribution in [0.2, 0.25) is 0 Å². The summed E-state index contributed by atoms with van der Waals surface area (Å²) in [6.07, 6.45) is 0. The number of benzene rings is 7. The topological polar surface area (TPSA) is 52.9 Å². The minimum absolute atomic E-state index is 0.611. The molecule has 0 saturated carbocycles. The molecule has 0 aliphatic carbocycles.